The molecule has 1 aromatic heterocycles. The largest absolute Gasteiger partial charge is 0.337 e. The number of sulfonamides is 1. The van der Waals surface area contributed by atoms with Gasteiger partial charge in [0.1, 0.15) is 11.5 Å². The molecule has 0 unspecified atom stereocenters. The fourth-order valence-electron chi connectivity index (χ4n) is 3.47. The second-order valence-electron chi connectivity index (χ2n) is 8.47. The van der Waals surface area contributed by atoms with Gasteiger partial charge in [-0.1, -0.05) is 27.7 Å². The second-order valence-corrected chi connectivity index (χ2v) is 10.1. The number of carbonyl (C=O) groups is 2. The first kappa shape index (κ1) is 23.7. The number of halogens is 1. The number of urea groups is 1. The fraction of sp³-hybridized carbons (Fsp3) is 0.476. The van der Waals surface area contributed by atoms with E-state index in [4.69, 9.17) is 0 Å². The van der Waals surface area contributed by atoms with Crippen LogP contribution in [0.3, 0.4) is 0 Å². The van der Waals surface area contributed by atoms with Crippen LogP contribution in [0.1, 0.15) is 67.6 Å². The highest BCUT2D eigenvalue weighted by Crippen LogP contribution is 2.33. The second kappa shape index (κ2) is 8.89. The molecule has 0 bridgehead atoms. The van der Waals surface area contributed by atoms with Crippen LogP contribution in [0, 0.1) is 5.82 Å². The molecule has 0 spiro atoms. The summed E-state index contributed by atoms with van der Waals surface area (Å²) < 4.78 is 42.7. The number of benzene rings is 1. The van der Waals surface area contributed by atoms with Crippen molar-refractivity contribution in [3.8, 4) is 0 Å². The van der Waals surface area contributed by atoms with Crippen molar-refractivity contribution in [3.05, 3.63) is 40.8 Å². The van der Waals surface area contributed by atoms with E-state index in [2.05, 4.69) is 10.4 Å². The minimum Gasteiger partial charge on any atom is -0.337 e. The summed E-state index contributed by atoms with van der Waals surface area (Å²) >= 11 is 0. The van der Waals surface area contributed by atoms with Crippen molar-refractivity contribution < 1.29 is 22.4 Å². The summed E-state index contributed by atoms with van der Waals surface area (Å²) in [5.41, 5.74) is 1.61. The molecule has 9 nitrogen and oxygen atoms in total. The molecule has 0 radical (unpaired) electrons. The Morgan fingerprint density at radius 3 is 2.09 bits per heavy atom. The minimum atomic E-state index is -4.34. The molecule has 11 heteroatoms. The monoisotopic (exact) mass is 465 g/mol. The van der Waals surface area contributed by atoms with E-state index in [1.807, 2.05) is 32.4 Å². The van der Waals surface area contributed by atoms with E-state index in [1.54, 1.807) is 4.90 Å². The van der Waals surface area contributed by atoms with Crippen molar-refractivity contribution in [2.24, 2.45) is 7.05 Å². The third-order valence-corrected chi connectivity index (χ3v) is 6.57. The number of nitrogens with zero attached hydrogens (tertiary/aromatic N) is 3. The van der Waals surface area contributed by atoms with Crippen LogP contribution in [-0.2, 0) is 17.1 Å². The standard InChI is InChI=1S/C21H28FN5O4S/c1-12(2)15-9-14(22)10-16(13(3)4)19(15)23-21(29)25-32(30,31)18-11-17(26(5)24-18)20(28)27-7-6-8-27/h9-13H,6-8H2,1-5H3,(H2,23,25,29). The molecular weight excluding hydrogens is 437 g/mol. The first-order valence-electron chi connectivity index (χ1n) is 10.4. The molecule has 0 aliphatic carbocycles. The molecule has 2 heterocycles. The number of carbonyl (C=O) groups excluding carboxylic acids is 2. The van der Waals surface area contributed by atoms with Gasteiger partial charge < -0.3 is 10.2 Å². The van der Waals surface area contributed by atoms with Gasteiger partial charge in [0.05, 0.1) is 0 Å². The SMILES string of the molecule is CC(C)c1cc(F)cc(C(C)C)c1NC(=O)NS(=O)(=O)c1cc(C(=O)N2CCC2)n(C)n1. The van der Waals surface area contributed by atoms with Gasteiger partial charge >= 0.3 is 6.03 Å². The first-order chi connectivity index (χ1) is 14.9. The van der Waals surface area contributed by atoms with Crippen molar-refractivity contribution in [2.45, 2.75) is 51.0 Å². The summed E-state index contributed by atoms with van der Waals surface area (Å²) in [5, 5.41) is 6.03. The van der Waals surface area contributed by atoms with Gasteiger partial charge in [0.2, 0.25) is 0 Å². The number of hydrogen-bond acceptors (Lipinski definition) is 5. The summed E-state index contributed by atoms with van der Waals surface area (Å²) in [5.74, 6) is -0.961. The van der Waals surface area contributed by atoms with E-state index < -0.39 is 26.9 Å². The number of aryl methyl sites for hydroxylation is 1. The van der Waals surface area contributed by atoms with Crippen LogP contribution in [0.4, 0.5) is 14.9 Å². The van der Waals surface area contributed by atoms with Gasteiger partial charge in [-0.15, -0.1) is 0 Å². The summed E-state index contributed by atoms with van der Waals surface area (Å²) in [6, 6.07) is 2.80. The Bertz CT molecular complexity index is 1120. The number of hydrogen-bond donors (Lipinski definition) is 2. The van der Waals surface area contributed by atoms with Crippen LogP contribution in [0.5, 0.6) is 0 Å². The van der Waals surface area contributed by atoms with Crippen LogP contribution < -0.4 is 10.0 Å². The maximum Gasteiger partial charge on any atom is 0.333 e. The van der Waals surface area contributed by atoms with Crippen molar-refractivity contribution in [2.75, 3.05) is 18.4 Å². The molecule has 2 aromatic rings. The Morgan fingerprint density at radius 1 is 1.06 bits per heavy atom. The molecular formula is C21H28FN5O4S. The molecule has 1 aromatic carbocycles. The molecule has 0 saturated carbocycles. The lowest BCUT2D eigenvalue weighted by molar-refractivity contribution is 0.0640. The normalized spacial score (nSPS) is 13.9. The number of anilines is 1. The highest BCUT2D eigenvalue weighted by atomic mass is 32.2. The predicted octanol–water partition coefficient (Wildman–Crippen LogP) is 3.16. The third-order valence-electron chi connectivity index (χ3n) is 5.37. The van der Waals surface area contributed by atoms with Crippen LogP contribution in [0.25, 0.3) is 0 Å². The van der Waals surface area contributed by atoms with Gasteiger partial charge in [-0.3, -0.25) is 9.48 Å². The highest BCUT2D eigenvalue weighted by molar-refractivity contribution is 7.90. The lowest BCUT2D eigenvalue weighted by Gasteiger charge is -2.30. The van der Waals surface area contributed by atoms with Crippen LogP contribution in [-0.4, -0.2) is 48.1 Å². The summed E-state index contributed by atoms with van der Waals surface area (Å²) in [6.45, 7) is 8.63. The van der Waals surface area contributed by atoms with Crippen molar-refractivity contribution in [1.29, 1.82) is 0 Å². The molecule has 32 heavy (non-hydrogen) atoms. The van der Waals surface area contributed by atoms with Gasteiger partial charge in [0.15, 0.2) is 5.03 Å². The maximum absolute atomic E-state index is 14.1. The molecule has 0 atom stereocenters. The lowest BCUT2D eigenvalue weighted by Crippen LogP contribution is -2.42. The Morgan fingerprint density at radius 2 is 1.62 bits per heavy atom. The van der Waals surface area contributed by atoms with Crippen LogP contribution >= 0.6 is 0 Å². The molecule has 3 rings (SSSR count). The molecule has 174 valence electrons. The zero-order valence-electron chi connectivity index (χ0n) is 18.8. The van der Waals surface area contributed by atoms with E-state index >= 15 is 0 Å². The fourth-order valence-corrected chi connectivity index (χ4v) is 4.37. The average molecular weight is 466 g/mol. The first-order valence-corrected chi connectivity index (χ1v) is 11.9. The summed E-state index contributed by atoms with van der Waals surface area (Å²) in [4.78, 5) is 26.6. The zero-order valence-corrected chi connectivity index (χ0v) is 19.6. The predicted molar refractivity (Wildman–Crippen MR) is 118 cm³/mol. The van der Waals surface area contributed by atoms with Crippen LogP contribution in [0.2, 0.25) is 0 Å². The smallest absolute Gasteiger partial charge is 0.333 e. The summed E-state index contributed by atoms with van der Waals surface area (Å²) in [7, 11) is -2.88. The Kier molecular flexibility index (Phi) is 6.59. The molecule has 1 saturated heterocycles. The summed E-state index contributed by atoms with van der Waals surface area (Å²) in [6.07, 6.45) is 0.899. The third kappa shape index (κ3) is 4.77. The molecule has 3 amide bonds. The zero-order chi connectivity index (χ0) is 23.8. The van der Waals surface area contributed by atoms with Gasteiger partial charge in [-0.2, -0.15) is 13.5 Å². The Labute approximate surface area is 187 Å². The highest BCUT2D eigenvalue weighted by Gasteiger charge is 2.29. The van der Waals surface area contributed by atoms with E-state index in [-0.39, 0.29) is 23.4 Å². The molecule has 1 aliphatic heterocycles. The number of aromatic nitrogens is 2. The van der Waals surface area contributed by atoms with E-state index in [1.165, 1.54) is 23.9 Å². The van der Waals surface area contributed by atoms with Crippen molar-refractivity contribution >= 4 is 27.6 Å². The number of likely N-dealkylation sites (tertiary alicyclic amines) is 1. The average Bonchev–Trinajstić information content (AvgIpc) is 3.03. The molecule has 1 aliphatic rings. The van der Waals surface area contributed by atoms with Gasteiger partial charge in [-0.25, -0.2) is 13.9 Å². The topological polar surface area (TPSA) is 113 Å². The van der Waals surface area contributed by atoms with E-state index in [0.717, 1.165) is 12.5 Å². The number of amides is 3. The van der Waals surface area contributed by atoms with Gasteiger partial charge in [0, 0.05) is 31.9 Å². The Balaban J connectivity index is 1.84. The quantitative estimate of drug-likeness (QED) is 0.680. The van der Waals surface area contributed by atoms with E-state index in [9.17, 15) is 22.4 Å². The van der Waals surface area contributed by atoms with Gasteiger partial charge in [0.25, 0.3) is 15.9 Å². The lowest BCUT2D eigenvalue weighted by atomic mass is 9.92. The van der Waals surface area contributed by atoms with Crippen molar-refractivity contribution in [1.82, 2.24) is 19.4 Å². The van der Waals surface area contributed by atoms with Crippen LogP contribution in [0.15, 0.2) is 23.2 Å². The molecule has 2 N–H and O–H groups in total. The number of rotatable bonds is 6. The Hall–Kier alpha value is -2.95. The minimum absolute atomic E-state index is 0.110. The maximum atomic E-state index is 14.1. The molecule has 1 fully saturated rings. The van der Waals surface area contributed by atoms with E-state index in [0.29, 0.717) is 29.9 Å². The number of nitrogens with one attached hydrogen (secondary N) is 2. The van der Waals surface area contributed by atoms with Gasteiger partial charge in [-0.05, 0) is 41.5 Å². The van der Waals surface area contributed by atoms with Crippen molar-refractivity contribution in [3.63, 3.8) is 0 Å².